The number of hydrogen-bond acceptors (Lipinski definition) is 7. The molecule has 0 aliphatic carbocycles. The Morgan fingerprint density at radius 2 is 2.08 bits per heavy atom. The number of nitrogens with one attached hydrogen (secondary N) is 1. The van der Waals surface area contributed by atoms with Crippen LogP contribution in [0.4, 0.5) is 0 Å². The number of nitrogens with zero attached hydrogens (tertiary/aromatic N) is 3. The number of esters is 1. The number of aromatic nitrogens is 3. The monoisotopic (exact) mass is 510 g/mol. The number of aliphatic hydroxyl groups is 1. The average molecular weight is 511 g/mol. The van der Waals surface area contributed by atoms with E-state index < -0.39 is 18.1 Å². The van der Waals surface area contributed by atoms with Crippen LogP contribution in [0.15, 0.2) is 35.3 Å². The van der Waals surface area contributed by atoms with Gasteiger partial charge in [0.1, 0.15) is 11.9 Å². The number of carbonyl (C=O) groups is 1. The number of rotatable bonds is 10. The molecule has 0 radical (unpaired) electrons. The standard InChI is InChI=1S/C28H38N4O5/c1-17(2)16-37-28(35)25(19(4)33)29-13-20-8-9-24-23(12-20)30-26(32(24)15-22-7-6-10-36-22)21-11-18(3)27(34)31(5)14-21/h8-9,11-12,14,17,19,22,25,29,33H,6-7,10,13,15-16H2,1-5H3/t19-,22-,25+/m1/s1. The average Bonchev–Trinajstić information content (AvgIpc) is 3.49. The molecule has 0 spiro atoms. The van der Waals surface area contributed by atoms with Gasteiger partial charge in [-0.2, -0.15) is 0 Å². The van der Waals surface area contributed by atoms with Crippen molar-refractivity contribution in [3.8, 4) is 11.4 Å². The largest absolute Gasteiger partial charge is 0.464 e. The summed E-state index contributed by atoms with van der Waals surface area (Å²) in [6.07, 6.45) is 3.09. The van der Waals surface area contributed by atoms with Crippen molar-refractivity contribution in [3.05, 3.63) is 51.9 Å². The number of ether oxygens (including phenoxy) is 2. The highest BCUT2D eigenvalue weighted by Crippen LogP contribution is 2.28. The van der Waals surface area contributed by atoms with E-state index in [1.165, 1.54) is 0 Å². The summed E-state index contributed by atoms with van der Waals surface area (Å²) in [7, 11) is 1.75. The van der Waals surface area contributed by atoms with Gasteiger partial charge < -0.3 is 23.7 Å². The second-order valence-electron chi connectivity index (χ2n) is 10.5. The lowest BCUT2D eigenvalue weighted by atomic mass is 10.1. The Labute approximate surface area is 217 Å². The van der Waals surface area contributed by atoms with Crippen molar-refractivity contribution in [2.45, 2.75) is 71.9 Å². The van der Waals surface area contributed by atoms with Gasteiger partial charge in [-0.25, -0.2) is 4.98 Å². The fraction of sp³-hybridized carbons (Fsp3) is 0.536. The molecule has 1 aliphatic heterocycles. The van der Waals surface area contributed by atoms with Crippen LogP contribution in [0.5, 0.6) is 0 Å². The highest BCUT2D eigenvalue weighted by molar-refractivity contribution is 5.81. The van der Waals surface area contributed by atoms with Crippen LogP contribution in [-0.2, 0) is 34.4 Å². The number of imidazole rings is 1. The molecule has 2 N–H and O–H groups in total. The summed E-state index contributed by atoms with van der Waals surface area (Å²) in [4.78, 5) is 29.7. The van der Waals surface area contributed by atoms with Crippen molar-refractivity contribution in [2.24, 2.45) is 13.0 Å². The van der Waals surface area contributed by atoms with Gasteiger partial charge in [-0.05, 0) is 56.4 Å². The zero-order valence-electron chi connectivity index (χ0n) is 22.4. The molecule has 9 nitrogen and oxygen atoms in total. The summed E-state index contributed by atoms with van der Waals surface area (Å²) >= 11 is 0. The molecule has 1 aromatic carbocycles. The zero-order chi connectivity index (χ0) is 26.7. The highest BCUT2D eigenvalue weighted by Gasteiger charge is 2.25. The maximum absolute atomic E-state index is 12.5. The predicted octanol–water partition coefficient (Wildman–Crippen LogP) is 2.93. The summed E-state index contributed by atoms with van der Waals surface area (Å²) in [5, 5.41) is 13.3. The van der Waals surface area contributed by atoms with Crippen molar-refractivity contribution in [1.82, 2.24) is 19.4 Å². The van der Waals surface area contributed by atoms with Gasteiger partial charge in [0, 0.05) is 37.5 Å². The van der Waals surface area contributed by atoms with E-state index in [2.05, 4.69) is 9.88 Å². The predicted molar refractivity (Wildman–Crippen MR) is 142 cm³/mol. The van der Waals surface area contributed by atoms with Crippen molar-refractivity contribution in [3.63, 3.8) is 0 Å². The second kappa shape index (κ2) is 11.6. The first-order chi connectivity index (χ1) is 17.6. The normalized spacial score (nSPS) is 17.4. The zero-order valence-corrected chi connectivity index (χ0v) is 22.4. The number of hydrogen-bond donors (Lipinski definition) is 2. The van der Waals surface area contributed by atoms with Gasteiger partial charge in [0.15, 0.2) is 0 Å². The molecule has 3 aromatic rings. The molecule has 9 heteroatoms. The first-order valence-corrected chi connectivity index (χ1v) is 13.0. The lowest BCUT2D eigenvalue weighted by molar-refractivity contribution is -0.150. The molecule has 1 fully saturated rings. The second-order valence-corrected chi connectivity index (χ2v) is 10.5. The van der Waals surface area contributed by atoms with E-state index in [0.29, 0.717) is 25.3 Å². The topological polar surface area (TPSA) is 108 Å². The van der Waals surface area contributed by atoms with E-state index in [1.54, 1.807) is 18.5 Å². The third-order valence-electron chi connectivity index (χ3n) is 6.66. The Kier molecular flexibility index (Phi) is 8.46. The molecular weight excluding hydrogens is 472 g/mol. The lowest BCUT2D eigenvalue weighted by Crippen LogP contribution is -2.45. The summed E-state index contributed by atoms with van der Waals surface area (Å²) in [5.41, 5.74) is 4.22. The molecular formula is C28H38N4O5. The summed E-state index contributed by atoms with van der Waals surface area (Å²) in [6.45, 7) is 9.45. The summed E-state index contributed by atoms with van der Waals surface area (Å²) in [5.74, 6) is 0.544. The Balaban J connectivity index is 1.63. The number of benzene rings is 1. The minimum absolute atomic E-state index is 0.0292. The van der Waals surface area contributed by atoms with Crippen molar-refractivity contribution in [2.75, 3.05) is 13.2 Å². The van der Waals surface area contributed by atoms with Crippen molar-refractivity contribution >= 4 is 17.0 Å². The number of fused-ring (bicyclic) bond motifs is 1. The SMILES string of the molecule is Cc1cc(-c2nc3cc(CN[C@H](C(=O)OCC(C)C)[C@@H](C)O)ccc3n2C[C@H]2CCCO2)cn(C)c1=O. The van der Waals surface area contributed by atoms with Crippen LogP contribution in [-0.4, -0.2) is 56.7 Å². The maximum Gasteiger partial charge on any atom is 0.325 e. The molecule has 4 rings (SSSR count). The van der Waals surface area contributed by atoms with E-state index in [1.807, 2.05) is 51.2 Å². The van der Waals surface area contributed by atoms with Gasteiger partial charge in [0.2, 0.25) is 0 Å². The molecule has 3 atom stereocenters. The molecule has 1 saturated heterocycles. The molecule has 37 heavy (non-hydrogen) atoms. The van der Waals surface area contributed by atoms with Gasteiger partial charge in [-0.3, -0.25) is 14.9 Å². The molecule has 0 saturated carbocycles. The Bertz CT molecular complexity index is 1280. The molecule has 3 heterocycles. The van der Waals surface area contributed by atoms with Gasteiger partial charge in [-0.1, -0.05) is 19.9 Å². The minimum atomic E-state index is -0.895. The van der Waals surface area contributed by atoms with Gasteiger partial charge in [0.25, 0.3) is 5.56 Å². The number of aryl methyl sites for hydroxylation is 2. The van der Waals surface area contributed by atoms with Crippen molar-refractivity contribution < 1.29 is 19.4 Å². The van der Waals surface area contributed by atoms with Crippen molar-refractivity contribution in [1.29, 1.82) is 0 Å². The number of carbonyl (C=O) groups excluding carboxylic acids is 1. The van der Waals surface area contributed by atoms with E-state index in [-0.39, 0.29) is 17.6 Å². The van der Waals surface area contributed by atoms with E-state index in [9.17, 15) is 14.7 Å². The van der Waals surface area contributed by atoms with Gasteiger partial charge in [-0.15, -0.1) is 0 Å². The van der Waals surface area contributed by atoms with E-state index in [4.69, 9.17) is 14.5 Å². The number of pyridine rings is 1. The number of aliphatic hydroxyl groups excluding tert-OH is 1. The molecule has 1 aliphatic rings. The smallest absolute Gasteiger partial charge is 0.325 e. The Morgan fingerprint density at radius 1 is 1.30 bits per heavy atom. The summed E-state index contributed by atoms with van der Waals surface area (Å²) < 4.78 is 15.0. The third kappa shape index (κ3) is 6.29. The summed E-state index contributed by atoms with van der Waals surface area (Å²) in [6, 6.07) is 7.08. The quantitative estimate of drug-likeness (QED) is 0.404. The minimum Gasteiger partial charge on any atom is -0.464 e. The molecule has 200 valence electrons. The van der Waals surface area contributed by atoms with Crippen LogP contribution >= 0.6 is 0 Å². The van der Waals surface area contributed by atoms with Gasteiger partial charge in [0.05, 0.1) is 36.4 Å². The van der Waals surface area contributed by atoms with Crippen LogP contribution < -0.4 is 10.9 Å². The molecule has 2 aromatic heterocycles. The van der Waals surface area contributed by atoms with Crippen LogP contribution in [0.2, 0.25) is 0 Å². The van der Waals surface area contributed by atoms with Crippen LogP contribution in [0.1, 0.15) is 44.7 Å². The first kappa shape index (κ1) is 27.0. The Hall–Kier alpha value is -3.01. The molecule has 0 unspecified atom stereocenters. The van der Waals surface area contributed by atoms with Gasteiger partial charge >= 0.3 is 5.97 Å². The third-order valence-corrected chi connectivity index (χ3v) is 6.66. The van der Waals surface area contributed by atoms with Crippen LogP contribution in [0.3, 0.4) is 0 Å². The first-order valence-electron chi connectivity index (χ1n) is 13.0. The lowest BCUT2D eigenvalue weighted by Gasteiger charge is -2.20. The highest BCUT2D eigenvalue weighted by atomic mass is 16.5. The molecule has 0 amide bonds. The van der Waals surface area contributed by atoms with Crippen LogP contribution in [0.25, 0.3) is 22.4 Å². The maximum atomic E-state index is 12.5. The Morgan fingerprint density at radius 3 is 2.73 bits per heavy atom. The van der Waals surface area contributed by atoms with E-state index >= 15 is 0 Å². The molecule has 0 bridgehead atoms. The van der Waals surface area contributed by atoms with E-state index in [0.717, 1.165) is 47.4 Å². The fourth-order valence-corrected chi connectivity index (χ4v) is 4.70. The van der Waals surface area contributed by atoms with Crippen LogP contribution in [0, 0.1) is 12.8 Å². The fourth-order valence-electron chi connectivity index (χ4n) is 4.70.